The van der Waals surface area contributed by atoms with Gasteiger partial charge in [0.2, 0.25) is 0 Å². The first-order valence-electron chi connectivity index (χ1n) is 10.6. The summed E-state index contributed by atoms with van der Waals surface area (Å²) < 4.78 is 19.1. The molecule has 0 saturated heterocycles. The number of carbonyl (C=O) groups excluding carboxylic acids is 1. The predicted octanol–water partition coefficient (Wildman–Crippen LogP) is 4.80. The van der Waals surface area contributed by atoms with E-state index >= 15 is 0 Å². The minimum absolute atomic E-state index is 0.0422. The van der Waals surface area contributed by atoms with Gasteiger partial charge in [0.15, 0.2) is 0 Å². The second-order valence-electron chi connectivity index (χ2n) is 8.01. The molecule has 1 radical (unpaired) electrons. The fourth-order valence-corrected chi connectivity index (χ4v) is 4.46. The van der Waals surface area contributed by atoms with Crippen LogP contribution in [0.2, 0.25) is 0 Å². The molecule has 5 rings (SSSR count). The first kappa shape index (κ1) is 20.8. The number of hydrogen-bond acceptors (Lipinski definition) is 3. The smallest absolute Gasteiger partial charge is 0.407 e. The number of carbonyl (C=O) groups is 2. The van der Waals surface area contributed by atoms with Crippen LogP contribution in [0.5, 0.6) is 0 Å². The molecule has 1 aliphatic heterocycles. The molecule has 6 nitrogen and oxygen atoms in total. The Balaban J connectivity index is 1.26. The molecule has 3 aromatic rings. The third kappa shape index (κ3) is 3.93. The second-order valence-corrected chi connectivity index (χ2v) is 8.01. The third-order valence-corrected chi connectivity index (χ3v) is 6.02. The van der Waals surface area contributed by atoms with Crippen LogP contribution in [0.25, 0.3) is 16.7 Å². The highest BCUT2D eigenvalue weighted by atomic mass is 19.1. The summed E-state index contributed by atoms with van der Waals surface area (Å²) in [5.74, 6) is -1.78. The molecule has 0 bridgehead atoms. The van der Waals surface area contributed by atoms with Crippen molar-refractivity contribution in [2.75, 3.05) is 6.61 Å². The predicted molar refractivity (Wildman–Crippen MR) is 120 cm³/mol. The molecule has 165 valence electrons. The molecule has 0 aromatic heterocycles. The van der Waals surface area contributed by atoms with E-state index in [-0.39, 0.29) is 18.9 Å². The van der Waals surface area contributed by atoms with E-state index in [1.54, 1.807) is 0 Å². The number of nitrogens with one attached hydrogen (secondary N) is 1. The highest BCUT2D eigenvalue weighted by Crippen LogP contribution is 2.44. The summed E-state index contributed by atoms with van der Waals surface area (Å²) in [7, 11) is 0. The Kier molecular flexibility index (Phi) is 5.30. The molecule has 0 fully saturated rings. The SMILES string of the molecule is O=C(N[C@H](CC1=C[N]c2ccc(F)cc21)C(=O)O)OCC1c2ccccc2-c2ccccc21. The number of ether oxygens (including phenoxy) is 1. The third-order valence-electron chi connectivity index (χ3n) is 6.02. The molecule has 1 atom stereocenters. The molecular weight excluding hydrogens is 423 g/mol. The summed E-state index contributed by atoms with van der Waals surface area (Å²) >= 11 is 0. The summed E-state index contributed by atoms with van der Waals surface area (Å²) in [6, 6.07) is 18.8. The van der Waals surface area contributed by atoms with Crippen LogP contribution in [0.3, 0.4) is 0 Å². The second kappa shape index (κ2) is 8.43. The summed E-state index contributed by atoms with van der Waals surface area (Å²) in [4.78, 5) is 24.3. The zero-order chi connectivity index (χ0) is 22.9. The van der Waals surface area contributed by atoms with Crippen LogP contribution >= 0.6 is 0 Å². The molecule has 7 heteroatoms. The van der Waals surface area contributed by atoms with Gasteiger partial charge < -0.3 is 15.2 Å². The van der Waals surface area contributed by atoms with Gasteiger partial charge in [-0.1, -0.05) is 48.5 Å². The topological polar surface area (TPSA) is 89.7 Å². The molecule has 0 unspecified atom stereocenters. The van der Waals surface area contributed by atoms with E-state index in [4.69, 9.17) is 4.74 Å². The monoisotopic (exact) mass is 443 g/mol. The Labute approximate surface area is 189 Å². The van der Waals surface area contributed by atoms with Crippen molar-refractivity contribution in [3.63, 3.8) is 0 Å². The van der Waals surface area contributed by atoms with E-state index in [0.717, 1.165) is 22.3 Å². The summed E-state index contributed by atoms with van der Waals surface area (Å²) in [5.41, 5.74) is 5.97. The number of carboxylic acids is 1. The Morgan fingerprint density at radius 3 is 2.33 bits per heavy atom. The fraction of sp³-hybridized carbons (Fsp3) is 0.154. The molecule has 0 spiro atoms. The van der Waals surface area contributed by atoms with Crippen molar-refractivity contribution in [2.45, 2.75) is 18.4 Å². The lowest BCUT2D eigenvalue weighted by atomic mass is 9.98. The first-order valence-corrected chi connectivity index (χ1v) is 10.6. The van der Waals surface area contributed by atoms with Crippen LogP contribution in [0.4, 0.5) is 14.9 Å². The molecule has 3 aromatic carbocycles. The van der Waals surface area contributed by atoms with Crippen LogP contribution < -0.4 is 10.6 Å². The number of benzene rings is 3. The Morgan fingerprint density at radius 2 is 1.67 bits per heavy atom. The number of amides is 1. The number of rotatable bonds is 6. The number of halogens is 1. The highest BCUT2D eigenvalue weighted by Gasteiger charge is 2.30. The van der Waals surface area contributed by atoms with Crippen molar-refractivity contribution >= 4 is 23.3 Å². The Bertz CT molecular complexity index is 1240. The average Bonchev–Trinajstić information content (AvgIpc) is 3.35. The van der Waals surface area contributed by atoms with Gasteiger partial charge in [0.05, 0.1) is 5.69 Å². The van der Waals surface area contributed by atoms with Gasteiger partial charge in [0.25, 0.3) is 0 Å². The molecule has 2 aliphatic rings. The van der Waals surface area contributed by atoms with Crippen LogP contribution in [0, 0.1) is 5.82 Å². The van der Waals surface area contributed by atoms with Crippen molar-refractivity contribution in [1.29, 1.82) is 0 Å². The van der Waals surface area contributed by atoms with Gasteiger partial charge in [-0.3, -0.25) is 5.32 Å². The van der Waals surface area contributed by atoms with Crippen molar-refractivity contribution in [3.8, 4) is 11.1 Å². The molecule has 2 N–H and O–H groups in total. The number of nitrogens with zero attached hydrogens (tertiary/aromatic N) is 1. The van der Waals surface area contributed by atoms with Gasteiger partial charge in [-0.05, 0) is 46.0 Å². The van der Waals surface area contributed by atoms with Crippen molar-refractivity contribution in [1.82, 2.24) is 10.6 Å². The molecular formula is C26H20FN2O4. The highest BCUT2D eigenvalue weighted by molar-refractivity contribution is 5.86. The largest absolute Gasteiger partial charge is 0.480 e. The van der Waals surface area contributed by atoms with E-state index in [1.165, 1.54) is 24.4 Å². The molecule has 1 aliphatic carbocycles. The maximum atomic E-state index is 13.6. The molecule has 1 amide bonds. The van der Waals surface area contributed by atoms with Crippen LogP contribution in [-0.2, 0) is 9.53 Å². The van der Waals surface area contributed by atoms with Crippen molar-refractivity contribution < 1.29 is 23.8 Å². The van der Waals surface area contributed by atoms with Gasteiger partial charge in [-0.2, -0.15) is 0 Å². The van der Waals surface area contributed by atoms with Gasteiger partial charge >= 0.3 is 12.1 Å². The maximum absolute atomic E-state index is 13.6. The van der Waals surface area contributed by atoms with Crippen LogP contribution in [0.1, 0.15) is 29.0 Å². The average molecular weight is 443 g/mol. The zero-order valence-electron chi connectivity index (χ0n) is 17.5. The van der Waals surface area contributed by atoms with Gasteiger partial charge in [0.1, 0.15) is 18.5 Å². The number of carboxylic acid groups (broad SMARTS) is 1. The lowest BCUT2D eigenvalue weighted by molar-refractivity contribution is -0.139. The van der Waals surface area contributed by atoms with E-state index < -0.39 is 23.9 Å². The summed E-state index contributed by atoms with van der Waals surface area (Å²) in [5, 5.41) is 16.2. The molecule has 0 saturated carbocycles. The summed E-state index contributed by atoms with van der Waals surface area (Å²) in [6.45, 7) is 0.0816. The number of fused-ring (bicyclic) bond motifs is 4. The standard InChI is InChI=1S/C26H20FN2O4/c27-16-9-10-23-21(12-16)15(13-28-23)11-24(25(30)31)29-26(32)33-14-22-19-7-3-1-5-17(19)18-6-2-4-8-20(18)22/h1-10,12-13,22,24H,11,14H2,(H,29,32)(H,30,31)/t24-/m1/s1. The van der Waals surface area contributed by atoms with E-state index in [2.05, 4.69) is 10.6 Å². The maximum Gasteiger partial charge on any atom is 0.407 e. The zero-order valence-corrected chi connectivity index (χ0v) is 17.5. The van der Waals surface area contributed by atoms with Crippen LogP contribution in [0.15, 0.2) is 72.9 Å². The minimum Gasteiger partial charge on any atom is -0.480 e. The van der Waals surface area contributed by atoms with Crippen molar-refractivity contribution in [3.05, 3.63) is 95.4 Å². The lowest BCUT2D eigenvalue weighted by Crippen LogP contribution is -2.41. The van der Waals surface area contributed by atoms with Gasteiger partial charge in [-0.25, -0.2) is 14.0 Å². The van der Waals surface area contributed by atoms with E-state index in [1.807, 2.05) is 48.5 Å². The summed E-state index contributed by atoms with van der Waals surface area (Å²) in [6.07, 6.45) is 0.637. The molecule has 33 heavy (non-hydrogen) atoms. The Hall–Kier alpha value is -4.13. The van der Waals surface area contributed by atoms with E-state index in [9.17, 15) is 19.1 Å². The fourth-order valence-electron chi connectivity index (χ4n) is 4.46. The van der Waals surface area contributed by atoms with Gasteiger partial charge in [-0.15, -0.1) is 0 Å². The molecule has 1 heterocycles. The van der Waals surface area contributed by atoms with Crippen LogP contribution in [-0.4, -0.2) is 29.8 Å². The lowest BCUT2D eigenvalue weighted by Gasteiger charge is -2.18. The number of hydrogen-bond donors (Lipinski definition) is 2. The van der Waals surface area contributed by atoms with Crippen molar-refractivity contribution in [2.24, 2.45) is 0 Å². The normalized spacial score (nSPS) is 14.4. The first-order chi connectivity index (χ1) is 16.0. The Morgan fingerprint density at radius 1 is 1.00 bits per heavy atom. The number of aliphatic carboxylic acids is 1. The quantitative estimate of drug-likeness (QED) is 0.573. The van der Waals surface area contributed by atoms with E-state index in [0.29, 0.717) is 16.8 Å². The minimum atomic E-state index is -1.24. The van der Waals surface area contributed by atoms with Gasteiger partial charge in [0, 0.05) is 24.1 Å². The number of alkyl carbamates (subject to hydrolysis) is 1.